The summed E-state index contributed by atoms with van der Waals surface area (Å²) in [6.07, 6.45) is 6.03. The fourth-order valence-corrected chi connectivity index (χ4v) is 2.68. The van der Waals surface area contributed by atoms with Gasteiger partial charge in [0.25, 0.3) is 0 Å². The Morgan fingerprint density at radius 1 is 1.28 bits per heavy atom. The summed E-state index contributed by atoms with van der Waals surface area (Å²) in [5.74, 6) is 1.35. The van der Waals surface area contributed by atoms with Crippen LogP contribution in [0.25, 0.3) is 0 Å². The van der Waals surface area contributed by atoms with Crippen LogP contribution in [-0.2, 0) is 0 Å². The van der Waals surface area contributed by atoms with Crippen molar-refractivity contribution in [1.82, 2.24) is 0 Å². The molecule has 0 saturated heterocycles. The minimum Gasteiger partial charge on any atom is -0.497 e. The van der Waals surface area contributed by atoms with E-state index >= 15 is 0 Å². The van der Waals surface area contributed by atoms with Gasteiger partial charge < -0.3 is 10.1 Å². The number of methoxy groups -OCH3 is 1. The van der Waals surface area contributed by atoms with E-state index < -0.39 is 0 Å². The Balaban J connectivity index is 1.97. The topological polar surface area (TPSA) is 21.3 Å². The molecule has 0 atom stereocenters. The molecule has 0 radical (unpaired) electrons. The molecule has 18 heavy (non-hydrogen) atoms. The number of hydrogen-bond donors (Lipinski definition) is 1. The van der Waals surface area contributed by atoms with Crippen LogP contribution < -0.4 is 10.1 Å². The summed E-state index contributed by atoms with van der Waals surface area (Å²) >= 11 is 0. The summed E-state index contributed by atoms with van der Waals surface area (Å²) in [6, 6.07) is 5.24. The van der Waals surface area contributed by atoms with E-state index in [1.54, 1.807) is 19.2 Å². The molecule has 1 fully saturated rings. The van der Waals surface area contributed by atoms with Gasteiger partial charge in [-0.3, -0.25) is 0 Å². The van der Waals surface area contributed by atoms with E-state index in [1.807, 2.05) is 0 Å². The maximum Gasteiger partial charge on any atom is 0.146 e. The van der Waals surface area contributed by atoms with E-state index in [0.29, 0.717) is 17.5 Å². The number of hydrogen-bond acceptors (Lipinski definition) is 2. The Bertz CT molecular complexity index is 386. The largest absolute Gasteiger partial charge is 0.497 e. The molecule has 2 nitrogen and oxygen atoms in total. The van der Waals surface area contributed by atoms with Crippen molar-refractivity contribution in [3.63, 3.8) is 0 Å². The second-order valence-electron chi connectivity index (χ2n) is 5.12. The highest BCUT2D eigenvalue weighted by Crippen LogP contribution is 2.30. The van der Waals surface area contributed by atoms with Gasteiger partial charge in [0.1, 0.15) is 11.6 Å². The van der Waals surface area contributed by atoms with Crippen molar-refractivity contribution in [2.75, 3.05) is 12.4 Å². The highest BCUT2D eigenvalue weighted by molar-refractivity contribution is 5.50. The van der Waals surface area contributed by atoms with Crippen LogP contribution in [0.5, 0.6) is 5.75 Å². The molecule has 0 unspecified atom stereocenters. The molecule has 0 spiro atoms. The van der Waals surface area contributed by atoms with Gasteiger partial charge in [-0.1, -0.05) is 13.3 Å². The Hall–Kier alpha value is -1.25. The highest BCUT2D eigenvalue weighted by atomic mass is 19.1. The lowest BCUT2D eigenvalue weighted by atomic mass is 9.84. The molecule has 1 aliphatic carbocycles. The third-order valence-electron chi connectivity index (χ3n) is 3.96. The third kappa shape index (κ3) is 3.15. The lowest BCUT2D eigenvalue weighted by Crippen LogP contribution is -2.26. The summed E-state index contributed by atoms with van der Waals surface area (Å²) in [7, 11) is 1.60. The van der Waals surface area contributed by atoms with Crippen molar-refractivity contribution < 1.29 is 9.13 Å². The van der Waals surface area contributed by atoms with Crippen molar-refractivity contribution in [3.05, 3.63) is 24.0 Å². The monoisotopic (exact) mass is 251 g/mol. The molecular weight excluding hydrogens is 229 g/mol. The molecule has 100 valence electrons. The van der Waals surface area contributed by atoms with Crippen LogP contribution in [-0.4, -0.2) is 13.2 Å². The lowest BCUT2D eigenvalue weighted by molar-refractivity contribution is 0.329. The van der Waals surface area contributed by atoms with Gasteiger partial charge >= 0.3 is 0 Å². The van der Waals surface area contributed by atoms with Gasteiger partial charge in [0, 0.05) is 12.1 Å². The van der Waals surface area contributed by atoms with E-state index in [2.05, 4.69) is 12.2 Å². The second kappa shape index (κ2) is 6.07. The van der Waals surface area contributed by atoms with E-state index in [9.17, 15) is 4.39 Å². The molecule has 3 heteroatoms. The molecule has 1 aliphatic rings. The minimum atomic E-state index is -0.201. The Morgan fingerprint density at radius 2 is 2.00 bits per heavy atom. The molecule has 0 aromatic heterocycles. The van der Waals surface area contributed by atoms with Crippen LogP contribution in [0.3, 0.4) is 0 Å². The predicted octanol–water partition coefficient (Wildman–Crippen LogP) is 4.22. The van der Waals surface area contributed by atoms with Gasteiger partial charge in [0.2, 0.25) is 0 Å². The summed E-state index contributed by atoms with van der Waals surface area (Å²) in [5.41, 5.74) is 0.564. The highest BCUT2D eigenvalue weighted by Gasteiger charge is 2.20. The number of rotatable bonds is 4. The number of nitrogens with one attached hydrogen (secondary N) is 1. The van der Waals surface area contributed by atoms with Crippen LogP contribution in [0.4, 0.5) is 10.1 Å². The SMILES string of the molecule is CCC1CCC(Nc2cc(OC)ccc2F)CC1. The molecule has 0 amide bonds. The van der Waals surface area contributed by atoms with Crippen molar-refractivity contribution in [3.8, 4) is 5.75 Å². The van der Waals surface area contributed by atoms with Crippen LogP contribution in [0.15, 0.2) is 18.2 Å². The van der Waals surface area contributed by atoms with Crippen LogP contribution in [0, 0.1) is 11.7 Å². The first-order valence-electron chi connectivity index (χ1n) is 6.83. The zero-order valence-corrected chi connectivity index (χ0v) is 11.2. The summed E-state index contributed by atoms with van der Waals surface area (Å²) < 4.78 is 18.8. The molecule has 0 bridgehead atoms. The van der Waals surface area contributed by atoms with E-state index in [-0.39, 0.29) is 5.82 Å². The van der Waals surface area contributed by atoms with Crippen molar-refractivity contribution in [1.29, 1.82) is 0 Å². The van der Waals surface area contributed by atoms with Gasteiger partial charge in [0.05, 0.1) is 12.8 Å². The number of ether oxygens (including phenoxy) is 1. The molecular formula is C15H22FNO. The summed E-state index contributed by atoms with van der Waals surface area (Å²) in [4.78, 5) is 0. The second-order valence-corrected chi connectivity index (χ2v) is 5.12. The molecule has 1 aromatic carbocycles. The van der Waals surface area contributed by atoms with Crippen molar-refractivity contribution >= 4 is 5.69 Å². The fraction of sp³-hybridized carbons (Fsp3) is 0.600. The molecule has 0 heterocycles. The lowest BCUT2D eigenvalue weighted by Gasteiger charge is -2.29. The molecule has 1 N–H and O–H groups in total. The third-order valence-corrected chi connectivity index (χ3v) is 3.96. The van der Waals surface area contributed by atoms with E-state index in [1.165, 1.54) is 25.3 Å². The smallest absolute Gasteiger partial charge is 0.146 e. The van der Waals surface area contributed by atoms with Gasteiger partial charge in [-0.2, -0.15) is 0 Å². The fourth-order valence-electron chi connectivity index (χ4n) is 2.68. The van der Waals surface area contributed by atoms with Crippen LogP contribution in [0.2, 0.25) is 0 Å². The van der Waals surface area contributed by atoms with E-state index in [4.69, 9.17) is 4.74 Å². The van der Waals surface area contributed by atoms with Crippen molar-refractivity contribution in [2.24, 2.45) is 5.92 Å². The van der Waals surface area contributed by atoms with E-state index in [0.717, 1.165) is 18.8 Å². The summed E-state index contributed by atoms with van der Waals surface area (Å²) in [5, 5.41) is 3.31. The zero-order valence-electron chi connectivity index (χ0n) is 11.2. The number of benzene rings is 1. The normalized spacial score (nSPS) is 23.7. The first-order chi connectivity index (χ1) is 8.72. The number of anilines is 1. The van der Waals surface area contributed by atoms with Gasteiger partial charge in [0.15, 0.2) is 0 Å². The standard InChI is InChI=1S/C15H22FNO/c1-3-11-4-6-12(7-5-11)17-15-10-13(18-2)8-9-14(15)16/h8-12,17H,3-7H2,1-2H3. The zero-order chi connectivity index (χ0) is 13.0. The van der Waals surface area contributed by atoms with Crippen molar-refractivity contribution in [2.45, 2.75) is 45.1 Å². The summed E-state index contributed by atoms with van der Waals surface area (Å²) in [6.45, 7) is 2.25. The minimum absolute atomic E-state index is 0.201. The average molecular weight is 251 g/mol. The Kier molecular flexibility index (Phi) is 4.45. The maximum atomic E-state index is 13.7. The van der Waals surface area contributed by atoms with Gasteiger partial charge in [-0.05, 0) is 43.7 Å². The first kappa shape index (κ1) is 13.2. The number of halogens is 1. The Morgan fingerprint density at radius 3 is 2.61 bits per heavy atom. The molecule has 2 rings (SSSR count). The maximum absolute atomic E-state index is 13.7. The quantitative estimate of drug-likeness (QED) is 0.865. The molecule has 1 saturated carbocycles. The van der Waals surface area contributed by atoms with Gasteiger partial charge in [-0.25, -0.2) is 4.39 Å². The predicted molar refractivity (Wildman–Crippen MR) is 72.6 cm³/mol. The van der Waals surface area contributed by atoms with Crippen LogP contribution in [0.1, 0.15) is 39.0 Å². The molecule has 0 aliphatic heterocycles. The van der Waals surface area contributed by atoms with Gasteiger partial charge in [-0.15, -0.1) is 0 Å². The van der Waals surface area contributed by atoms with Crippen LogP contribution >= 0.6 is 0 Å². The Labute approximate surface area is 109 Å². The molecule has 1 aromatic rings. The first-order valence-corrected chi connectivity index (χ1v) is 6.83. The average Bonchev–Trinajstić information content (AvgIpc) is 2.42.